The summed E-state index contributed by atoms with van der Waals surface area (Å²) in [6, 6.07) is 0. The van der Waals surface area contributed by atoms with Crippen molar-refractivity contribution in [3.05, 3.63) is 0 Å². The van der Waals surface area contributed by atoms with Crippen molar-refractivity contribution in [2.75, 3.05) is 32.8 Å². The minimum absolute atomic E-state index is 0.0589. The van der Waals surface area contributed by atoms with Crippen molar-refractivity contribution in [2.45, 2.75) is 25.9 Å². The zero-order valence-electron chi connectivity index (χ0n) is 9.89. The first kappa shape index (κ1) is 13.4. The summed E-state index contributed by atoms with van der Waals surface area (Å²) in [5.41, 5.74) is 5.47. The highest BCUT2D eigenvalue weighted by atomic mass is 16.5. The number of aliphatic hydroxyl groups excluding tert-OH is 1. The normalized spacial score (nSPS) is 19.8. The summed E-state index contributed by atoms with van der Waals surface area (Å²) in [5.74, 6) is 0.0537. The number of nitrogens with two attached hydrogens (primary N) is 1. The molecule has 16 heavy (non-hydrogen) atoms. The molecule has 0 aromatic heterocycles. The summed E-state index contributed by atoms with van der Waals surface area (Å²) in [6.07, 6.45) is 1.89. The first-order valence-corrected chi connectivity index (χ1v) is 5.90. The molecule has 1 aliphatic heterocycles. The highest BCUT2D eigenvalue weighted by molar-refractivity contribution is 5.78. The molecular weight excluding hydrogens is 208 g/mol. The van der Waals surface area contributed by atoms with Crippen molar-refractivity contribution in [1.29, 1.82) is 0 Å². The summed E-state index contributed by atoms with van der Waals surface area (Å²) < 4.78 is 5.43. The molecule has 1 aliphatic rings. The molecule has 1 amide bonds. The van der Waals surface area contributed by atoms with Gasteiger partial charge in [-0.3, -0.25) is 4.79 Å². The van der Waals surface area contributed by atoms with E-state index in [-0.39, 0.29) is 24.5 Å². The smallest absolute Gasteiger partial charge is 0.226 e. The molecule has 0 aliphatic carbocycles. The highest BCUT2D eigenvalue weighted by Gasteiger charge is 2.25. The molecule has 0 aromatic rings. The Balaban J connectivity index is 2.28. The van der Waals surface area contributed by atoms with Gasteiger partial charge in [0.05, 0.1) is 19.3 Å². The second-order valence-corrected chi connectivity index (χ2v) is 4.26. The van der Waals surface area contributed by atoms with Crippen molar-refractivity contribution < 1.29 is 14.6 Å². The number of carbonyl (C=O) groups excluding carboxylic acids is 1. The van der Waals surface area contributed by atoms with Crippen LogP contribution in [0.1, 0.15) is 19.8 Å². The van der Waals surface area contributed by atoms with Crippen LogP contribution in [-0.2, 0) is 9.53 Å². The Morgan fingerprint density at radius 2 is 2.19 bits per heavy atom. The van der Waals surface area contributed by atoms with E-state index in [9.17, 15) is 4.79 Å². The number of carbonyl (C=O) groups is 1. The average molecular weight is 230 g/mol. The maximum atomic E-state index is 11.8. The molecule has 3 N–H and O–H groups in total. The van der Waals surface area contributed by atoms with Crippen LogP contribution >= 0.6 is 0 Å². The molecule has 1 heterocycles. The summed E-state index contributed by atoms with van der Waals surface area (Å²) >= 11 is 0. The van der Waals surface area contributed by atoms with Gasteiger partial charge in [-0.15, -0.1) is 0 Å². The van der Waals surface area contributed by atoms with Gasteiger partial charge in [0.1, 0.15) is 0 Å². The molecule has 1 fully saturated rings. The van der Waals surface area contributed by atoms with Gasteiger partial charge in [-0.2, -0.15) is 0 Å². The summed E-state index contributed by atoms with van der Waals surface area (Å²) in [6.45, 7) is 4.18. The molecule has 0 radical (unpaired) electrons. The third-order valence-electron chi connectivity index (χ3n) is 2.97. The molecule has 5 nitrogen and oxygen atoms in total. The monoisotopic (exact) mass is 230 g/mol. The number of ether oxygens (including phenoxy) is 1. The van der Waals surface area contributed by atoms with Gasteiger partial charge in [0, 0.05) is 25.6 Å². The number of piperidine rings is 1. The molecule has 94 valence electrons. The van der Waals surface area contributed by atoms with E-state index in [0.717, 1.165) is 25.9 Å². The van der Waals surface area contributed by atoms with Crippen LogP contribution in [0, 0.1) is 5.92 Å². The van der Waals surface area contributed by atoms with E-state index in [1.54, 1.807) is 0 Å². The largest absolute Gasteiger partial charge is 0.394 e. The van der Waals surface area contributed by atoms with E-state index in [1.165, 1.54) is 0 Å². The minimum atomic E-state index is -0.0880. The van der Waals surface area contributed by atoms with Crippen LogP contribution in [0.2, 0.25) is 0 Å². The van der Waals surface area contributed by atoms with E-state index in [1.807, 2.05) is 11.8 Å². The predicted molar refractivity (Wildman–Crippen MR) is 60.9 cm³/mol. The lowest BCUT2D eigenvalue weighted by molar-refractivity contribution is -0.137. The highest BCUT2D eigenvalue weighted by Crippen LogP contribution is 2.15. The van der Waals surface area contributed by atoms with Crippen molar-refractivity contribution in [2.24, 2.45) is 11.7 Å². The minimum Gasteiger partial charge on any atom is -0.394 e. The maximum absolute atomic E-state index is 11.8. The third-order valence-corrected chi connectivity index (χ3v) is 2.97. The molecule has 0 aromatic carbocycles. The second-order valence-electron chi connectivity index (χ2n) is 4.26. The van der Waals surface area contributed by atoms with Crippen LogP contribution in [0.4, 0.5) is 0 Å². The fraction of sp³-hybridized carbons (Fsp3) is 0.909. The predicted octanol–water partition coefficient (Wildman–Crippen LogP) is -0.419. The van der Waals surface area contributed by atoms with Crippen LogP contribution in [-0.4, -0.2) is 54.9 Å². The summed E-state index contributed by atoms with van der Waals surface area (Å²) in [4.78, 5) is 13.7. The molecule has 0 bridgehead atoms. The second kappa shape index (κ2) is 6.83. The number of hydrogen-bond acceptors (Lipinski definition) is 4. The van der Waals surface area contributed by atoms with Crippen LogP contribution in [0.5, 0.6) is 0 Å². The van der Waals surface area contributed by atoms with Gasteiger partial charge >= 0.3 is 0 Å². The average Bonchev–Trinajstić information content (AvgIpc) is 2.35. The van der Waals surface area contributed by atoms with E-state index >= 15 is 0 Å². The van der Waals surface area contributed by atoms with Crippen LogP contribution in [0.25, 0.3) is 0 Å². The molecule has 0 saturated carbocycles. The van der Waals surface area contributed by atoms with Gasteiger partial charge in [-0.1, -0.05) is 6.92 Å². The molecule has 5 heteroatoms. The molecule has 1 atom stereocenters. The van der Waals surface area contributed by atoms with Gasteiger partial charge in [-0.25, -0.2) is 0 Å². The van der Waals surface area contributed by atoms with E-state index in [0.29, 0.717) is 13.2 Å². The fourth-order valence-electron chi connectivity index (χ4n) is 1.87. The standard InChI is InChI=1S/C11H22N2O3/c1-9(8-12)11(15)13-4-2-10(3-5-13)16-7-6-14/h9-10,14H,2-8,12H2,1H3. The first-order valence-electron chi connectivity index (χ1n) is 5.90. The van der Waals surface area contributed by atoms with Crippen LogP contribution in [0.3, 0.4) is 0 Å². The Bertz CT molecular complexity index is 215. The zero-order chi connectivity index (χ0) is 12.0. The number of likely N-dealkylation sites (tertiary alicyclic amines) is 1. The van der Waals surface area contributed by atoms with Crippen LogP contribution < -0.4 is 5.73 Å². The summed E-state index contributed by atoms with van der Waals surface area (Å²) in [7, 11) is 0. The van der Waals surface area contributed by atoms with Crippen molar-refractivity contribution in [1.82, 2.24) is 4.90 Å². The number of nitrogens with zero attached hydrogens (tertiary/aromatic N) is 1. The van der Waals surface area contributed by atoms with Gasteiger partial charge in [0.2, 0.25) is 5.91 Å². The van der Waals surface area contributed by atoms with E-state index in [2.05, 4.69) is 0 Å². The van der Waals surface area contributed by atoms with Gasteiger partial charge in [0.15, 0.2) is 0 Å². The fourth-order valence-corrected chi connectivity index (χ4v) is 1.87. The molecule has 1 unspecified atom stereocenters. The Hall–Kier alpha value is -0.650. The zero-order valence-corrected chi connectivity index (χ0v) is 9.89. The quantitative estimate of drug-likeness (QED) is 0.672. The summed E-state index contributed by atoms with van der Waals surface area (Å²) in [5, 5.41) is 8.64. The Morgan fingerprint density at radius 1 is 1.56 bits per heavy atom. The topological polar surface area (TPSA) is 75.8 Å². The number of amides is 1. The lowest BCUT2D eigenvalue weighted by Crippen LogP contribution is -2.44. The lowest BCUT2D eigenvalue weighted by Gasteiger charge is -2.33. The maximum Gasteiger partial charge on any atom is 0.226 e. The van der Waals surface area contributed by atoms with Gasteiger partial charge < -0.3 is 20.5 Å². The van der Waals surface area contributed by atoms with Crippen molar-refractivity contribution >= 4 is 5.91 Å². The molecular formula is C11H22N2O3. The number of aliphatic hydroxyl groups is 1. The Kier molecular flexibility index (Phi) is 5.73. The number of hydrogen-bond donors (Lipinski definition) is 2. The van der Waals surface area contributed by atoms with Crippen molar-refractivity contribution in [3.8, 4) is 0 Å². The van der Waals surface area contributed by atoms with Gasteiger partial charge in [-0.05, 0) is 12.8 Å². The molecule has 1 saturated heterocycles. The van der Waals surface area contributed by atoms with Gasteiger partial charge in [0.25, 0.3) is 0 Å². The Morgan fingerprint density at radius 3 is 2.69 bits per heavy atom. The SMILES string of the molecule is CC(CN)C(=O)N1CCC(OCCO)CC1. The van der Waals surface area contributed by atoms with E-state index < -0.39 is 0 Å². The van der Waals surface area contributed by atoms with Crippen LogP contribution in [0.15, 0.2) is 0 Å². The Labute approximate surface area is 96.6 Å². The molecule has 1 rings (SSSR count). The third kappa shape index (κ3) is 3.73. The lowest BCUT2D eigenvalue weighted by atomic mass is 10.0. The van der Waals surface area contributed by atoms with E-state index in [4.69, 9.17) is 15.6 Å². The number of rotatable bonds is 5. The first-order chi connectivity index (χ1) is 7.69. The molecule has 0 spiro atoms. The van der Waals surface area contributed by atoms with Crippen molar-refractivity contribution in [3.63, 3.8) is 0 Å².